The van der Waals surface area contributed by atoms with E-state index in [1.807, 2.05) is 31.2 Å². The van der Waals surface area contributed by atoms with Gasteiger partial charge in [0.05, 0.1) is 17.5 Å². The fourth-order valence-electron chi connectivity index (χ4n) is 2.85. The lowest BCUT2D eigenvalue weighted by molar-refractivity contribution is -0.146. The number of methoxy groups -OCH3 is 1. The Labute approximate surface area is 172 Å². The molecule has 0 aliphatic rings. The van der Waals surface area contributed by atoms with Crippen LogP contribution in [-0.4, -0.2) is 30.6 Å². The molecule has 1 amide bonds. The molecule has 2 aromatic rings. The van der Waals surface area contributed by atoms with Gasteiger partial charge in [0.1, 0.15) is 5.82 Å². The second-order valence-electron chi connectivity index (χ2n) is 6.82. The Kier molecular flexibility index (Phi) is 7.32. The summed E-state index contributed by atoms with van der Waals surface area (Å²) in [6.07, 6.45) is 0.388. The normalized spacial score (nSPS) is 14.1. The van der Waals surface area contributed by atoms with E-state index in [2.05, 4.69) is 21.2 Å². The minimum absolute atomic E-state index is 0.00202. The molecule has 0 fully saturated rings. The Morgan fingerprint density at radius 3 is 2.61 bits per heavy atom. The highest BCUT2D eigenvalue weighted by molar-refractivity contribution is 9.10. The molecule has 7 heteroatoms. The average molecular weight is 452 g/mol. The minimum atomic E-state index is -1.89. The van der Waals surface area contributed by atoms with E-state index in [-0.39, 0.29) is 16.6 Å². The summed E-state index contributed by atoms with van der Waals surface area (Å²) < 4.78 is 18.4. The molecule has 2 unspecified atom stereocenters. The third kappa shape index (κ3) is 5.39. The van der Waals surface area contributed by atoms with Gasteiger partial charge in [-0.25, -0.2) is 4.39 Å². The number of carbonyl (C=O) groups is 2. The molecule has 2 rings (SSSR count). The number of benzene rings is 2. The molecule has 2 atom stereocenters. The first kappa shape index (κ1) is 22.0. The number of ether oxygens (including phenoxy) is 1. The van der Waals surface area contributed by atoms with Gasteiger partial charge >= 0.3 is 5.97 Å². The number of aryl methyl sites for hydroxylation is 1. The van der Waals surface area contributed by atoms with E-state index in [9.17, 15) is 19.1 Å². The predicted octanol–water partition coefficient (Wildman–Crippen LogP) is 3.25. The zero-order chi connectivity index (χ0) is 20.9. The van der Waals surface area contributed by atoms with Crippen LogP contribution in [0.1, 0.15) is 23.6 Å². The number of carbonyl (C=O) groups excluding carboxylic acids is 2. The Bertz CT molecular complexity index is 869. The van der Waals surface area contributed by atoms with E-state index in [1.165, 1.54) is 26.2 Å². The summed E-state index contributed by atoms with van der Waals surface area (Å²) in [4.78, 5) is 24.7. The first-order chi connectivity index (χ1) is 13.1. The van der Waals surface area contributed by atoms with Crippen molar-refractivity contribution in [3.63, 3.8) is 0 Å². The molecule has 5 nitrogen and oxygen atoms in total. The lowest BCUT2D eigenvalue weighted by Gasteiger charge is -2.24. The summed E-state index contributed by atoms with van der Waals surface area (Å²) in [7, 11) is 1.29. The molecule has 150 valence electrons. The number of hydrogen-bond acceptors (Lipinski definition) is 4. The van der Waals surface area contributed by atoms with Gasteiger partial charge in [-0.2, -0.15) is 0 Å². The Balaban J connectivity index is 2.11. The van der Waals surface area contributed by atoms with Crippen LogP contribution in [0, 0.1) is 18.7 Å². The Morgan fingerprint density at radius 2 is 2.00 bits per heavy atom. The third-order valence-corrected chi connectivity index (χ3v) is 5.14. The number of rotatable bonds is 7. The van der Waals surface area contributed by atoms with Gasteiger partial charge in [-0.3, -0.25) is 9.59 Å². The van der Waals surface area contributed by atoms with Gasteiger partial charge in [0, 0.05) is 6.54 Å². The van der Waals surface area contributed by atoms with Crippen LogP contribution in [0.5, 0.6) is 0 Å². The van der Waals surface area contributed by atoms with E-state index in [1.54, 1.807) is 0 Å². The van der Waals surface area contributed by atoms with E-state index < -0.39 is 29.2 Å². The van der Waals surface area contributed by atoms with E-state index in [0.29, 0.717) is 6.42 Å². The van der Waals surface area contributed by atoms with Gasteiger partial charge in [0.25, 0.3) is 5.91 Å². The van der Waals surface area contributed by atoms with Crippen molar-refractivity contribution >= 4 is 27.8 Å². The van der Waals surface area contributed by atoms with Crippen molar-refractivity contribution in [2.75, 3.05) is 13.7 Å². The van der Waals surface area contributed by atoms with Crippen LogP contribution in [0.4, 0.5) is 4.39 Å². The molecule has 0 saturated carbocycles. The molecule has 0 saturated heterocycles. The topological polar surface area (TPSA) is 75.6 Å². The summed E-state index contributed by atoms with van der Waals surface area (Å²) in [6.45, 7) is 3.27. The number of esters is 1. The smallest absolute Gasteiger partial charge is 0.310 e. The number of hydrogen-bond donors (Lipinski definition) is 2. The molecule has 0 radical (unpaired) electrons. The second-order valence-corrected chi connectivity index (χ2v) is 7.68. The molecule has 0 heterocycles. The summed E-state index contributed by atoms with van der Waals surface area (Å²) in [5.41, 5.74) is 0.348. The first-order valence-corrected chi connectivity index (χ1v) is 9.54. The fraction of sp³-hybridized carbons (Fsp3) is 0.333. The minimum Gasteiger partial charge on any atom is -0.469 e. The van der Waals surface area contributed by atoms with Crippen molar-refractivity contribution < 1.29 is 23.8 Å². The van der Waals surface area contributed by atoms with Crippen molar-refractivity contribution in [2.45, 2.75) is 25.9 Å². The van der Waals surface area contributed by atoms with Gasteiger partial charge in [0.15, 0.2) is 5.60 Å². The van der Waals surface area contributed by atoms with Crippen LogP contribution in [-0.2, 0) is 26.3 Å². The SMILES string of the molecule is COC(=O)C(CNC(=O)C(C)(O)c1ccc(F)c(Br)c1)Cc1cccc(C)c1. The molecule has 0 spiro atoms. The summed E-state index contributed by atoms with van der Waals surface area (Å²) in [6, 6.07) is 11.6. The largest absolute Gasteiger partial charge is 0.469 e. The van der Waals surface area contributed by atoms with Crippen molar-refractivity contribution in [3.05, 3.63) is 69.4 Å². The fourth-order valence-corrected chi connectivity index (χ4v) is 3.23. The number of nitrogens with one attached hydrogen (secondary N) is 1. The molecule has 0 aromatic heterocycles. The maximum Gasteiger partial charge on any atom is 0.310 e. The summed E-state index contributed by atoms with van der Waals surface area (Å²) in [5, 5.41) is 13.2. The van der Waals surface area contributed by atoms with Crippen LogP contribution < -0.4 is 5.32 Å². The van der Waals surface area contributed by atoms with Crippen molar-refractivity contribution in [3.8, 4) is 0 Å². The highest BCUT2D eigenvalue weighted by Crippen LogP contribution is 2.26. The van der Waals surface area contributed by atoms with Crippen LogP contribution in [0.15, 0.2) is 46.9 Å². The molecule has 0 aliphatic carbocycles. The number of aliphatic hydroxyl groups is 1. The average Bonchev–Trinajstić information content (AvgIpc) is 2.66. The van der Waals surface area contributed by atoms with Crippen molar-refractivity contribution in [1.29, 1.82) is 0 Å². The van der Waals surface area contributed by atoms with Crippen LogP contribution in [0.25, 0.3) is 0 Å². The Morgan fingerprint density at radius 1 is 1.29 bits per heavy atom. The Hall–Kier alpha value is -2.25. The van der Waals surface area contributed by atoms with Gasteiger partial charge in [0.2, 0.25) is 0 Å². The highest BCUT2D eigenvalue weighted by atomic mass is 79.9. The van der Waals surface area contributed by atoms with E-state index in [4.69, 9.17) is 4.74 Å². The van der Waals surface area contributed by atoms with Gasteiger partial charge in [-0.05, 0) is 59.5 Å². The molecule has 2 aromatic carbocycles. The zero-order valence-corrected chi connectivity index (χ0v) is 17.5. The maximum atomic E-state index is 13.4. The number of halogens is 2. The van der Waals surface area contributed by atoms with Gasteiger partial charge < -0.3 is 15.2 Å². The lowest BCUT2D eigenvalue weighted by atomic mass is 9.94. The second kappa shape index (κ2) is 9.30. The maximum absolute atomic E-state index is 13.4. The summed E-state index contributed by atoms with van der Waals surface area (Å²) in [5.74, 6) is -2.24. The van der Waals surface area contributed by atoms with Crippen LogP contribution in [0.2, 0.25) is 0 Å². The molecular weight excluding hydrogens is 429 g/mol. The van der Waals surface area contributed by atoms with Crippen molar-refractivity contribution in [1.82, 2.24) is 5.32 Å². The highest BCUT2D eigenvalue weighted by Gasteiger charge is 2.34. The van der Waals surface area contributed by atoms with Crippen molar-refractivity contribution in [2.24, 2.45) is 5.92 Å². The zero-order valence-electron chi connectivity index (χ0n) is 16.0. The quantitative estimate of drug-likeness (QED) is 0.633. The lowest BCUT2D eigenvalue weighted by Crippen LogP contribution is -2.45. The summed E-state index contributed by atoms with van der Waals surface area (Å²) >= 11 is 3.04. The molecule has 0 aliphatic heterocycles. The monoisotopic (exact) mass is 451 g/mol. The standard InChI is InChI=1S/C21H23BrFNO4/c1-13-5-4-6-14(9-13)10-15(19(25)28-3)12-24-20(26)21(2,27)16-7-8-18(23)17(22)11-16/h4-9,11,15,27H,10,12H2,1-3H3,(H,24,26). The third-order valence-electron chi connectivity index (χ3n) is 4.53. The number of amides is 1. The van der Waals surface area contributed by atoms with Crippen LogP contribution >= 0.6 is 15.9 Å². The van der Waals surface area contributed by atoms with Gasteiger partial charge in [-0.15, -0.1) is 0 Å². The predicted molar refractivity (Wildman–Crippen MR) is 107 cm³/mol. The molecular formula is C21H23BrFNO4. The molecule has 2 N–H and O–H groups in total. The van der Waals surface area contributed by atoms with Crippen LogP contribution in [0.3, 0.4) is 0 Å². The molecule has 28 heavy (non-hydrogen) atoms. The van der Waals surface area contributed by atoms with Gasteiger partial charge in [-0.1, -0.05) is 35.9 Å². The van der Waals surface area contributed by atoms with E-state index >= 15 is 0 Å². The first-order valence-electron chi connectivity index (χ1n) is 8.74. The molecule has 0 bridgehead atoms. The van der Waals surface area contributed by atoms with E-state index in [0.717, 1.165) is 17.2 Å².